The van der Waals surface area contributed by atoms with Gasteiger partial charge in [0.2, 0.25) is 0 Å². The lowest BCUT2D eigenvalue weighted by Crippen LogP contribution is -2.61. The Kier molecular flexibility index (Phi) is 14.7. The molecule has 0 amide bonds. The molecule has 14 heteroatoms. The first-order chi connectivity index (χ1) is 23.4. The van der Waals surface area contributed by atoms with Crippen LogP contribution in [0, 0.1) is 23.7 Å². The minimum atomic E-state index is -1.99. The van der Waals surface area contributed by atoms with Crippen LogP contribution in [0.5, 0.6) is 0 Å². The van der Waals surface area contributed by atoms with Crippen molar-refractivity contribution in [2.75, 3.05) is 21.2 Å². The fourth-order valence-electron chi connectivity index (χ4n) is 8.41. The molecule has 51 heavy (non-hydrogen) atoms. The second kappa shape index (κ2) is 17.0. The third-order valence-electron chi connectivity index (χ3n) is 11.8. The number of methoxy groups -OCH3 is 1. The van der Waals surface area contributed by atoms with E-state index in [-0.39, 0.29) is 31.4 Å². The van der Waals surface area contributed by atoms with Crippen LogP contribution < -0.4 is 0 Å². The summed E-state index contributed by atoms with van der Waals surface area (Å²) in [5.74, 6) is -4.98. The number of aliphatic hydroxyl groups is 5. The summed E-state index contributed by atoms with van der Waals surface area (Å²) < 4.78 is 37.1. The highest BCUT2D eigenvalue weighted by molar-refractivity contribution is 5.83. The molecule has 0 bridgehead atoms. The molecule has 3 heterocycles. The average Bonchev–Trinajstić information content (AvgIpc) is 3.05. The number of ether oxygens (including phenoxy) is 6. The molecule has 0 spiro atoms. The predicted molar refractivity (Wildman–Crippen MR) is 186 cm³/mol. The summed E-state index contributed by atoms with van der Waals surface area (Å²) >= 11 is 0. The maximum atomic E-state index is 14.1. The highest BCUT2D eigenvalue weighted by Crippen LogP contribution is 2.40. The summed E-state index contributed by atoms with van der Waals surface area (Å²) in [7, 11) is 5.18. The number of nitrogens with zero attached hydrogens (tertiary/aromatic N) is 1. The maximum Gasteiger partial charge on any atom is 0.311 e. The van der Waals surface area contributed by atoms with E-state index in [4.69, 9.17) is 28.4 Å². The fraction of sp³-hybridized carbons (Fsp3) is 0.946. The Hall–Kier alpha value is -1.30. The molecule has 18 atom stereocenters. The quantitative estimate of drug-likeness (QED) is 0.238. The lowest BCUT2D eigenvalue weighted by molar-refractivity contribution is -0.318. The van der Waals surface area contributed by atoms with Crippen LogP contribution in [0.2, 0.25) is 0 Å². The number of cyclic esters (lactones) is 1. The first kappa shape index (κ1) is 44.1. The summed E-state index contributed by atoms with van der Waals surface area (Å²) in [5, 5.41) is 57.6. The number of rotatable bonds is 7. The summed E-state index contributed by atoms with van der Waals surface area (Å²) in [5.41, 5.74) is -4.84. The average molecular weight is 734 g/mol. The number of carbonyl (C=O) groups excluding carboxylic acids is 2. The van der Waals surface area contributed by atoms with Gasteiger partial charge in [0.25, 0.3) is 0 Å². The second-order valence-electron chi connectivity index (χ2n) is 16.5. The van der Waals surface area contributed by atoms with E-state index in [0.29, 0.717) is 6.42 Å². The summed E-state index contributed by atoms with van der Waals surface area (Å²) in [4.78, 5) is 29.8. The maximum absolute atomic E-state index is 14.1. The lowest BCUT2D eigenvalue weighted by Gasteiger charge is -2.49. The molecule has 1 unspecified atom stereocenters. The molecular weight excluding hydrogens is 666 g/mol. The third-order valence-corrected chi connectivity index (χ3v) is 11.8. The Morgan fingerprint density at radius 1 is 0.882 bits per heavy atom. The predicted octanol–water partition coefficient (Wildman–Crippen LogP) is 1.79. The molecular formula is C37H67NO13. The van der Waals surface area contributed by atoms with Gasteiger partial charge in [-0.05, 0) is 74.9 Å². The van der Waals surface area contributed by atoms with Gasteiger partial charge in [0.05, 0.1) is 47.6 Å². The molecule has 3 fully saturated rings. The molecule has 0 aliphatic carbocycles. The van der Waals surface area contributed by atoms with Crippen molar-refractivity contribution in [1.29, 1.82) is 0 Å². The van der Waals surface area contributed by atoms with Crippen LogP contribution in [-0.4, -0.2) is 148 Å². The van der Waals surface area contributed by atoms with Gasteiger partial charge in [-0.15, -0.1) is 0 Å². The van der Waals surface area contributed by atoms with Crippen molar-refractivity contribution >= 4 is 11.8 Å². The molecule has 3 aliphatic heterocycles. The Bertz CT molecular complexity index is 1170. The first-order valence-electron chi connectivity index (χ1n) is 18.5. The number of Topliss-reactive ketones (excluding diaryl/α,β-unsaturated/α-hetero) is 1. The van der Waals surface area contributed by atoms with Gasteiger partial charge in [-0.3, -0.25) is 9.59 Å². The van der Waals surface area contributed by atoms with Crippen molar-refractivity contribution in [3.63, 3.8) is 0 Å². The summed E-state index contributed by atoms with van der Waals surface area (Å²) in [6.45, 7) is 16.3. The molecule has 298 valence electrons. The van der Waals surface area contributed by atoms with Crippen LogP contribution in [0.4, 0.5) is 0 Å². The van der Waals surface area contributed by atoms with Gasteiger partial charge in [0.15, 0.2) is 12.6 Å². The number of likely N-dealkylation sites (N-methyl/N-ethyl adjacent to an activating group) is 1. The van der Waals surface area contributed by atoms with Gasteiger partial charge in [-0.1, -0.05) is 27.7 Å². The van der Waals surface area contributed by atoms with Crippen molar-refractivity contribution in [1.82, 2.24) is 4.90 Å². The number of aliphatic hydroxyl groups excluding tert-OH is 3. The number of carbonyl (C=O) groups is 2. The molecule has 0 aromatic heterocycles. The number of hydrogen-bond donors (Lipinski definition) is 5. The first-order valence-corrected chi connectivity index (χ1v) is 18.5. The Balaban J connectivity index is 2.18. The lowest BCUT2D eigenvalue weighted by atomic mass is 9.74. The second-order valence-corrected chi connectivity index (χ2v) is 16.5. The van der Waals surface area contributed by atoms with Gasteiger partial charge >= 0.3 is 5.97 Å². The van der Waals surface area contributed by atoms with Crippen molar-refractivity contribution in [3.05, 3.63) is 0 Å². The van der Waals surface area contributed by atoms with Crippen LogP contribution in [0.25, 0.3) is 0 Å². The Morgan fingerprint density at radius 3 is 2.04 bits per heavy atom. The molecule has 0 aromatic carbocycles. The normalized spacial score (nSPS) is 49.7. The molecule has 5 N–H and O–H groups in total. The van der Waals surface area contributed by atoms with E-state index in [1.54, 1.807) is 41.5 Å². The molecule has 0 radical (unpaired) electrons. The van der Waals surface area contributed by atoms with Gasteiger partial charge in [0.1, 0.15) is 29.7 Å². The zero-order valence-electron chi connectivity index (χ0n) is 32.9. The standard InChI is InChI=1S/C37H67NO13/c1-14-25-37(10,45)30(41)20(4)27(39)18(2)16-35(8,44)32(51-34-28(40)24(38(11)12)15-19(3)47-34)21(5)29(22(6)33(43)49-25)50-26-17-36(9,46-13)31(42)23(7)48-26/h18-26,28-32,34,40-42,44-45H,14-17H2,1-13H3/t18-,19?,20+,21+,22-,23+,24+,25-,26+,28-,29+,30-,31+,32-,34+,35-,36-,37-/m1/s1. The highest BCUT2D eigenvalue weighted by Gasteiger charge is 2.53. The van der Waals surface area contributed by atoms with E-state index < -0.39 is 108 Å². The van der Waals surface area contributed by atoms with Crippen molar-refractivity contribution in [3.8, 4) is 0 Å². The monoisotopic (exact) mass is 733 g/mol. The van der Waals surface area contributed by atoms with Gasteiger partial charge < -0.3 is 58.9 Å². The van der Waals surface area contributed by atoms with Crippen molar-refractivity contribution < 1.29 is 63.5 Å². The van der Waals surface area contributed by atoms with E-state index in [2.05, 4.69) is 0 Å². The molecule has 3 rings (SSSR count). The zero-order valence-corrected chi connectivity index (χ0v) is 32.9. The number of hydrogen-bond acceptors (Lipinski definition) is 14. The van der Waals surface area contributed by atoms with E-state index in [1.807, 2.05) is 25.9 Å². The smallest absolute Gasteiger partial charge is 0.311 e. The summed E-state index contributed by atoms with van der Waals surface area (Å²) in [6.07, 6.45) is -9.71. The van der Waals surface area contributed by atoms with Crippen molar-refractivity contribution in [2.24, 2.45) is 23.7 Å². The largest absolute Gasteiger partial charge is 0.459 e. The van der Waals surface area contributed by atoms with Gasteiger partial charge in [-0.2, -0.15) is 0 Å². The van der Waals surface area contributed by atoms with Crippen LogP contribution in [0.3, 0.4) is 0 Å². The minimum absolute atomic E-state index is 0.0936. The molecule has 3 saturated heterocycles. The van der Waals surface area contributed by atoms with Crippen LogP contribution in [-0.2, 0) is 38.0 Å². The number of esters is 1. The topological polar surface area (TPSA) is 194 Å². The summed E-state index contributed by atoms with van der Waals surface area (Å²) in [6, 6.07) is -0.324. The van der Waals surface area contributed by atoms with E-state index in [0.717, 1.165) is 0 Å². The van der Waals surface area contributed by atoms with Gasteiger partial charge in [-0.25, -0.2) is 0 Å². The van der Waals surface area contributed by atoms with Gasteiger partial charge in [0, 0.05) is 37.3 Å². The Labute approximate surface area is 304 Å². The molecule has 0 aromatic rings. The number of ketones is 1. The fourth-order valence-corrected chi connectivity index (χ4v) is 8.41. The zero-order chi connectivity index (χ0) is 39.0. The Morgan fingerprint density at radius 2 is 1.49 bits per heavy atom. The SMILES string of the molecule is CC[C@H]1OC(=O)[C@H](C)[C@@H](O[C@H]2C[C@@](C)(OC)[C@@H](O)[C@H](C)O2)[C@H](C)[C@@H](O[C@@H]2OC(C)C[C@H](N(C)C)[C@H]2O)[C@](C)(O)C[C@@H](C)C(=O)[C@H](C)[C@@H](O)[C@]1(C)O. The van der Waals surface area contributed by atoms with Crippen LogP contribution in [0.1, 0.15) is 94.9 Å². The molecule has 0 saturated carbocycles. The third kappa shape index (κ3) is 9.51. The van der Waals surface area contributed by atoms with Crippen molar-refractivity contribution in [2.45, 2.75) is 179 Å². The molecule has 14 nitrogen and oxygen atoms in total. The van der Waals surface area contributed by atoms with Crippen LogP contribution >= 0.6 is 0 Å². The highest BCUT2D eigenvalue weighted by atomic mass is 16.7. The van der Waals surface area contributed by atoms with E-state index >= 15 is 0 Å². The van der Waals surface area contributed by atoms with E-state index in [1.165, 1.54) is 27.9 Å². The molecule has 3 aliphatic rings. The van der Waals surface area contributed by atoms with Crippen LogP contribution in [0.15, 0.2) is 0 Å². The minimum Gasteiger partial charge on any atom is -0.459 e. The van der Waals surface area contributed by atoms with E-state index in [9.17, 15) is 35.1 Å².